The molecule has 9 heteroatoms. The molecule has 0 atom stereocenters. The van der Waals surface area contributed by atoms with Crippen molar-refractivity contribution >= 4 is 39.2 Å². The van der Waals surface area contributed by atoms with Crippen LogP contribution in [0.4, 0.5) is 10.1 Å². The SMILES string of the molecule is CN1CCC/C1=N/S(=O)(=O)c1ccc(NC(=O)CSc2ccc(F)cc2)cc1. The fourth-order valence-electron chi connectivity index (χ4n) is 2.69. The standard InChI is InChI=1S/C19H20FN3O3S2/c1-23-12-2-3-18(23)22-28(25,26)17-10-6-15(7-11-17)21-19(24)13-27-16-8-4-14(20)5-9-16/h4-11H,2-3,12-13H2,1H3,(H,21,24)/b22-18-. The maximum absolute atomic E-state index is 12.9. The number of anilines is 1. The second-order valence-electron chi connectivity index (χ2n) is 6.32. The normalized spacial score (nSPS) is 15.8. The summed E-state index contributed by atoms with van der Waals surface area (Å²) in [5, 5.41) is 2.71. The van der Waals surface area contributed by atoms with Crippen molar-refractivity contribution in [3.63, 3.8) is 0 Å². The molecule has 0 aliphatic carbocycles. The lowest BCUT2D eigenvalue weighted by atomic mass is 10.3. The van der Waals surface area contributed by atoms with Crippen LogP contribution in [0, 0.1) is 5.82 Å². The summed E-state index contributed by atoms with van der Waals surface area (Å²) in [7, 11) is -1.95. The number of hydrogen-bond acceptors (Lipinski definition) is 4. The monoisotopic (exact) mass is 421 g/mol. The molecule has 6 nitrogen and oxygen atoms in total. The summed E-state index contributed by atoms with van der Waals surface area (Å²) in [4.78, 5) is 14.8. The Hall–Kier alpha value is -2.39. The summed E-state index contributed by atoms with van der Waals surface area (Å²) >= 11 is 1.28. The molecule has 0 unspecified atom stereocenters. The molecule has 0 bridgehead atoms. The molecule has 2 aromatic rings. The third kappa shape index (κ3) is 5.32. The predicted molar refractivity (Wildman–Crippen MR) is 109 cm³/mol. The van der Waals surface area contributed by atoms with Crippen LogP contribution in [0.2, 0.25) is 0 Å². The van der Waals surface area contributed by atoms with E-state index in [1.165, 1.54) is 48.2 Å². The number of nitrogens with one attached hydrogen (secondary N) is 1. The zero-order valence-electron chi connectivity index (χ0n) is 15.3. The largest absolute Gasteiger partial charge is 0.362 e. The first kappa shape index (κ1) is 20.3. The molecule has 28 heavy (non-hydrogen) atoms. The molecule has 1 saturated heterocycles. The van der Waals surface area contributed by atoms with Gasteiger partial charge >= 0.3 is 0 Å². The third-order valence-corrected chi connectivity index (χ3v) is 6.51. The van der Waals surface area contributed by atoms with Crippen LogP contribution in [0.25, 0.3) is 0 Å². The lowest BCUT2D eigenvalue weighted by Crippen LogP contribution is -2.20. The zero-order chi connectivity index (χ0) is 20.1. The molecular weight excluding hydrogens is 401 g/mol. The molecule has 2 aromatic carbocycles. The van der Waals surface area contributed by atoms with E-state index in [-0.39, 0.29) is 22.4 Å². The van der Waals surface area contributed by atoms with Crippen molar-refractivity contribution in [3.8, 4) is 0 Å². The van der Waals surface area contributed by atoms with Gasteiger partial charge in [-0.05, 0) is 55.0 Å². The van der Waals surface area contributed by atoms with E-state index in [4.69, 9.17) is 0 Å². The van der Waals surface area contributed by atoms with Crippen LogP contribution < -0.4 is 5.32 Å². The van der Waals surface area contributed by atoms with Crippen molar-refractivity contribution in [2.75, 3.05) is 24.7 Å². The second-order valence-corrected chi connectivity index (χ2v) is 8.98. The first-order valence-electron chi connectivity index (χ1n) is 8.67. The Balaban J connectivity index is 1.59. The van der Waals surface area contributed by atoms with Gasteiger partial charge in [-0.3, -0.25) is 4.79 Å². The van der Waals surface area contributed by atoms with Gasteiger partial charge in [0, 0.05) is 30.6 Å². The van der Waals surface area contributed by atoms with Crippen LogP contribution in [0.15, 0.2) is 62.7 Å². The van der Waals surface area contributed by atoms with Gasteiger partial charge in [-0.1, -0.05) is 0 Å². The van der Waals surface area contributed by atoms with Crippen LogP contribution in [0.5, 0.6) is 0 Å². The molecule has 1 aliphatic heterocycles. The Morgan fingerprint density at radius 2 is 1.86 bits per heavy atom. The molecule has 1 amide bonds. The van der Waals surface area contributed by atoms with E-state index in [2.05, 4.69) is 9.71 Å². The molecule has 1 heterocycles. The van der Waals surface area contributed by atoms with E-state index in [1.54, 1.807) is 12.1 Å². The lowest BCUT2D eigenvalue weighted by molar-refractivity contribution is -0.113. The van der Waals surface area contributed by atoms with E-state index in [1.807, 2.05) is 11.9 Å². The van der Waals surface area contributed by atoms with E-state index in [9.17, 15) is 17.6 Å². The third-order valence-electron chi connectivity index (χ3n) is 4.18. The van der Waals surface area contributed by atoms with Gasteiger partial charge in [0.25, 0.3) is 10.0 Å². The number of amides is 1. The number of benzene rings is 2. The minimum absolute atomic E-state index is 0.0824. The Kier molecular flexibility index (Phi) is 6.35. The van der Waals surface area contributed by atoms with Gasteiger partial charge in [0.05, 0.1) is 10.6 Å². The molecule has 0 spiro atoms. The van der Waals surface area contributed by atoms with Gasteiger partial charge in [0.15, 0.2) is 0 Å². The number of carbonyl (C=O) groups is 1. The van der Waals surface area contributed by atoms with Gasteiger partial charge in [-0.15, -0.1) is 16.2 Å². The van der Waals surface area contributed by atoms with Gasteiger partial charge in [-0.25, -0.2) is 4.39 Å². The number of rotatable bonds is 6. The van der Waals surface area contributed by atoms with E-state index < -0.39 is 10.0 Å². The highest BCUT2D eigenvalue weighted by Gasteiger charge is 2.20. The van der Waals surface area contributed by atoms with Gasteiger partial charge < -0.3 is 10.2 Å². The molecule has 0 radical (unpaired) electrons. The predicted octanol–water partition coefficient (Wildman–Crippen LogP) is 3.37. The van der Waals surface area contributed by atoms with Crippen LogP contribution in [-0.2, 0) is 14.8 Å². The van der Waals surface area contributed by atoms with Crippen LogP contribution in [0.1, 0.15) is 12.8 Å². The smallest absolute Gasteiger partial charge is 0.283 e. The van der Waals surface area contributed by atoms with Crippen LogP contribution in [0.3, 0.4) is 0 Å². The zero-order valence-corrected chi connectivity index (χ0v) is 16.9. The molecule has 1 N–H and O–H groups in total. The highest BCUT2D eigenvalue weighted by atomic mass is 32.2. The highest BCUT2D eigenvalue weighted by Crippen LogP contribution is 2.21. The Morgan fingerprint density at radius 1 is 1.18 bits per heavy atom. The molecule has 0 aromatic heterocycles. The Labute approximate surface area is 167 Å². The van der Waals surface area contributed by atoms with Crippen molar-refractivity contribution < 1.29 is 17.6 Å². The number of nitrogens with zero attached hydrogens (tertiary/aromatic N) is 2. The average Bonchev–Trinajstić information content (AvgIpc) is 3.06. The molecule has 148 valence electrons. The number of sulfonamides is 1. The Morgan fingerprint density at radius 3 is 2.46 bits per heavy atom. The minimum atomic E-state index is -3.77. The van der Waals surface area contributed by atoms with Gasteiger partial charge in [0.1, 0.15) is 11.7 Å². The fraction of sp³-hybridized carbons (Fsp3) is 0.263. The molecule has 3 rings (SSSR count). The number of carbonyl (C=O) groups excluding carboxylic acids is 1. The summed E-state index contributed by atoms with van der Waals surface area (Å²) in [6.07, 6.45) is 1.54. The summed E-state index contributed by atoms with van der Waals surface area (Å²) in [6.45, 7) is 0.801. The lowest BCUT2D eigenvalue weighted by Gasteiger charge is -2.11. The van der Waals surface area contributed by atoms with E-state index in [0.717, 1.165) is 17.9 Å². The van der Waals surface area contributed by atoms with Crippen molar-refractivity contribution in [1.29, 1.82) is 0 Å². The van der Waals surface area contributed by atoms with Crippen molar-refractivity contribution in [1.82, 2.24) is 4.90 Å². The molecule has 0 saturated carbocycles. The van der Waals surface area contributed by atoms with Crippen molar-refractivity contribution in [2.45, 2.75) is 22.6 Å². The first-order valence-corrected chi connectivity index (χ1v) is 11.1. The number of amidine groups is 1. The van der Waals surface area contributed by atoms with Crippen LogP contribution in [-0.4, -0.2) is 44.4 Å². The minimum Gasteiger partial charge on any atom is -0.362 e. The quantitative estimate of drug-likeness (QED) is 0.724. The van der Waals surface area contributed by atoms with E-state index in [0.29, 0.717) is 17.9 Å². The fourth-order valence-corrected chi connectivity index (χ4v) is 4.48. The Bertz CT molecular complexity index is 974. The molecule has 1 fully saturated rings. The van der Waals surface area contributed by atoms with Gasteiger partial charge in [-0.2, -0.15) is 8.42 Å². The van der Waals surface area contributed by atoms with E-state index >= 15 is 0 Å². The van der Waals surface area contributed by atoms with Gasteiger partial charge in [0.2, 0.25) is 5.91 Å². The molecular formula is C19H20FN3O3S2. The summed E-state index contributed by atoms with van der Waals surface area (Å²) in [6, 6.07) is 11.8. The number of halogens is 1. The summed E-state index contributed by atoms with van der Waals surface area (Å²) < 4.78 is 41.6. The first-order chi connectivity index (χ1) is 13.3. The highest BCUT2D eigenvalue weighted by molar-refractivity contribution is 8.00. The van der Waals surface area contributed by atoms with Crippen LogP contribution >= 0.6 is 11.8 Å². The summed E-state index contributed by atoms with van der Waals surface area (Å²) in [5.74, 6) is 0.160. The van der Waals surface area contributed by atoms with Crippen molar-refractivity contribution in [3.05, 3.63) is 54.3 Å². The topological polar surface area (TPSA) is 78.8 Å². The number of likely N-dealkylation sites (tertiary alicyclic amines) is 1. The maximum atomic E-state index is 12.9. The van der Waals surface area contributed by atoms with Crippen molar-refractivity contribution in [2.24, 2.45) is 4.40 Å². The number of thioether (sulfide) groups is 1. The summed E-state index contributed by atoms with van der Waals surface area (Å²) in [5.41, 5.74) is 0.495. The second kappa shape index (κ2) is 8.74. The number of hydrogen-bond donors (Lipinski definition) is 1. The molecule has 1 aliphatic rings. The maximum Gasteiger partial charge on any atom is 0.283 e. The average molecular weight is 422 g/mol.